The van der Waals surface area contributed by atoms with Crippen LogP contribution in [0.1, 0.15) is 31.2 Å². The highest BCUT2D eigenvalue weighted by Gasteiger charge is 2.01. The second kappa shape index (κ2) is 6.24. The molecular weight excluding hydrogens is 222 g/mol. The highest BCUT2D eigenvalue weighted by Crippen LogP contribution is 2.09. The fraction of sp³-hybridized carbons (Fsp3) is 0.400. The molecule has 0 bridgehead atoms. The maximum Gasteiger partial charge on any atom is 0.108 e. The van der Waals surface area contributed by atoms with Gasteiger partial charge in [-0.3, -0.25) is 0 Å². The molecule has 1 aromatic carbocycles. The molecule has 2 N–H and O–H groups in total. The summed E-state index contributed by atoms with van der Waals surface area (Å²) in [5.41, 5.74) is 7.85. The van der Waals surface area contributed by atoms with Crippen molar-refractivity contribution in [1.29, 1.82) is 0 Å². The van der Waals surface area contributed by atoms with E-state index in [-0.39, 0.29) is 0 Å². The van der Waals surface area contributed by atoms with Gasteiger partial charge in [0.25, 0.3) is 0 Å². The number of hydrogen-bond donors (Lipinski definition) is 1. The Morgan fingerprint density at radius 1 is 1.17 bits per heavy atom. The van der Waals surface area contributed by atoms with Crippen molar-refractivity contribution in [2.24, 2.45) is 0 Å². The van der Waals surface area contributed by atoms with Gasteiger partial charge in [0.05, 0.1) is 0 Å². The zero-order valence-electron chi connectivity index (χ0n) is 11.0. The van der Waals surface area contributed by atoms with Crippen LogP contribution in [0.3, 0.4) is 0 Å². The van der Waals surface area contributed by atoms with Crippen LogP contribution in [0.5, 0.6) is 0 Å². The van der Waals surface area contributed by atoms with Gasteiger partial charge in [0.2, 0.25) is 0 Å². The number of aromatic nitrogens is 2. The first kappa shape index (κ1) is 12.7. The van der Waals surface area contributed by atoms with Crippen molar-refractivity contribution in [2.75, 3.05) is 5.73 Å². The molecule has 0 spiro atoms. The van der Waals surface area contributed by atoms with Crippen LogP contribution < -0.4 is 5.73 Å². The lowest BCUT2D eigenvalue weighted by atomic mass is 10.1. The maximum atomic E-state index is 5.67. The van der Waals surface area contributed by atoms with E-state index in [1.165, 1.54) is 11.4 Å². The van der Waals surface area contributed by atoms with E-state index in [9.17, 15) is 0 Å². The van der Waals surface area contributed by atoms with E-state index >= 15 is 0 Å². The van der Waals surface area contributed by atoms with Gasteiger partial charge in [-0.1, -0.05) is 19.1 Å². The third-order valence-corrected chi connectivity index (χ3v) is 3.12. The minimum atomic E-state index is 0.832. The Bertz CT molecular complexity index is 471. The van der Waals surface area contributed by atoms with E-state index in [0.29, 0.717) is 0 Å². The summed E-state index contributed by atoms with van der Waals surface area (Å²) >= 11 is 0. The van der Waals surface area contributed by atoms with Crippen molar-refractivity contribution >= 4 is 5.69 Å². The summed E-state index contributed by atoms with van der Waals surface area (Å²) in [7, 11) is 0. The fourth-order valence-corrected chi connectivity index (χ4v) is 2.13. The monoisotopic (exact) mass is 243 g/mol. The molecule has 0 aliphatic heterocycles. The predicted molar refractivity (Wildman–Crippen MR) is 75.4 cm³/mol. The Morgan fingerprint density at radius 3 is 2.67 bits per heavy atom. The summed E-state index contributed by atoms with van der Waals surface area (Å²) in [5.74, 6) is 1.20. The molecule has 0 saturated heterocycles. The summed E-state index contributed by atoms with van der Waals surface area (Å²) < 4.78 is 2.26. The van der Waals surface area contributed by atoms with E-state index < -0.39 is 0 Å². The smallest absolute Gasteiger partial charge is 0.108 e. The van der Waals surface area contributed by atoms with Crippen LogP contribution in [0.2, 0.25) is 0 Å². The first-order chi connectivity index (χ1) is 8.79. The molecular formula is C15H21N3. The van der Waals surface area contributed by atoms with Gasteiger partial charge in [-0.15, -0.1) is 0 Å². The van der Waals surface area contributed by atoms with Crippen molar-refractivity contribution in [3.05, 3.63) is 48.0 Å². The molecule has 1 aromatic heterocycles. The molecule has 0 aliphatic rings. The van der Waals surface area contributed by atoms with Crippen molar-refractivity contribution in [3.63, 3.8) is 0 Å². The van der Waals surface area contributed by atoms with Crippen LogP contribution in [-0.4, -0.2) is 9.55 Å². The molecule has 0 atom stereocenters. The van der Waals surface area contributed by atoms with E-state index in [2.05, 4.69) is 34.8 Å². The van der Waals surface area contributed by atoms with Crippen LogP contribution in [-0.2, 0) is 19.4 Å². The molecule has 2 rings (SSSR count). The molecule has 0 amide bonds. The Balaban J connectivity index is 1.84. The van der Waals surface area contributed by atoms with Crippen molar-refractivity contribution < 1.29 is 0 Å². The molecule has 0 aliphatic carbocycles. The topological polar surface area (TPSA) is 43.8 Å². The number of nitrogen functional groups attached to an aromatic ring is 1. The maximum absolute atomic E-state index is 5.67. The molecule has 1 heterocycles. The van der Waals surface area contributed by atoms with Crippen LogP contribution in [0.15, 0.2) is 36.7 Å². The number of imidazole rings is 1. The number of benzene rings is 1. The Labute approximate surface area is 109 Å². The lowest BCUT2D eigenvalue weighted by Gasteiger charge is -2.07. The Hall–Kier alpha value is -1.77. The highest BCUT2D eigenvalue weighted by molar-refractivity contribution is 5.39. The number of rotatable bonds is 6. The normalized spacial score (nSPS) is 10.7. The first-order valence-electron chi connectivity index (χ1n) is 6.64. The molecule has 2 aromatic rings. The second-order valence-corrected chi connectivity index (χ2v) is 4.63. The zero-order chi connectivity index (χ0) is 12.8. The molecule has 3 heteroatoms. The van der Waals surface area contributed by atoms with Crippen LogP contribution >= 0.6 is 0 Å². The van der Waals surface area contributed by atoms with Crippen molar-refractivity contribution in [2.45, 2.75) is 39.2 Å². The SMILES string of the molecule is CCCc1nccn1CCCc1ccc(N)cc1. The van der Waals surface area contributed by atoms with Gasteiger partial charge >= 0.3 is 0 Å². The molecule has 0 unspecified atom stereocenters. The molecule has 0 fully saturated rings. The lowest BCUT2D eigenvalue weighted by Crippen LogP contribution is -2.04. The third kappa shape index (κ3) is 3.36. The summed E-state index contributed by atoms with van der Waals surface area (Å²) in [6.07, 6.45) is 8.41. The van der Waals surface area contributed by atoms with Crippen molar-refractivity contribution in [1.82, 2.24) is 9.55 Å². The Morgan fingerprint density at radius 2 is 1.94 bits per heavy atom. The van der Waals surface area contributed by atoms with E-state index in [1.807, 2.05) is 18.3 Å². The fourth-order valence-electron chi connectivity index (χ4n) is 2.13. The molecule has 96 valence electrons. The largest absolute Gasteiger partial charge is 0.399 e. The van der Waals surface area contributed by atoms with Gasteiger partial charge in [-0.2, -0.15) is 0 Å². The molecule has 18 heavy (non-hydrogen) atoms. The molecule has 0 radical (unpaired) electrons. The van der Waals surface area contributed by atoms with Gasteiger partial charge in [-0.25, -0.2) is 4.98 Å². The minimum Gasteiger partial charge on any atom is -0.399 e. The first-order valence-corrected chi connectivity index (χ1v) is 6.64. The average Bonchev–Trinajstić information content (AvgIpc) is 2.80. The van der Waals surface area contributed by atoms with Gasteiger partial charge in [0.1, 0.15) is 5.82 Å². The van der Waals surface area contributed by atoms with Crippen LogP contribution in [0.25, 0.3) is 0 Å². The zero-order valence-corrected chi connectivity index (χ0v) is 11.0. The van der Waals surface area contributed by atoms with Crippen molar-refractivity contribution in [3.8, 4) is 0 Å². The predicted octanol–water partition coefficient (Wildman–Crippen LogP) is 3.05. The Kier molecular flexibility index (Phi) is 4.40. The summed E-state index contributed by atoms with van der Waals surface area (Å²) in [5, 5.41) is 0. The van der Waals surface area contributed by atoms with Gasteiger partial charge in [-0.05, 0) is 37.0 Å². The van der Waals surface area contributed by atoms with Gasteiger partial charge in [0, 0.05) is 31.0 Å². The number of aryl methyl sites for hydroxylation is 3. The lowest BCUT2D eigenvalue weighted by molar-refractivity contribution is 0.605. The number of nitrogens with zero attached hydrogens (tertiary/aromatic N) is 2. The average molecular weight is 243 g/mol. The highest BCUT2D eigenvalue weighted by atomic mass is 15.1. The third-order valence-electron chi connectivity index (χ3n) is 3.12. The number of anilines is 1. The van der Waals surface area contributed by atoms with E-state index in [1.54, 1.807) is 0 Å². The van der Waals surface area contributed by atoms with Crippen LogP contribution in [0, 0.1) is 0 Å². The minimum absolute atomic E-state index is 0.832. The molecule has 3 nitrogen and oxygen atoms in total. The quantitative estimate of drug-likeness (QED) is 0.792. The summed E-state index contributed by atoms with van der Waals surface area (Å²) in [4.78, 5) is 4.39. The number of nitrogens with two attached hydrogens (primary N) is 1. The summed E-state index contributed by atoms with van der Waals surface area (Å²) in [6, 6.07) is 8.15. The van der Waals surface area contributed by atoms with Crippen LogP contribution in [0.4, 0.5) is 5.69 Å². The van der Waals surface area contributed by atoms with Gasteiger partial charge in [0.15, 0.2) is 0 Å². The summed E-state index contributed by atoms with van der Waals surface area (Å²) in [6.45, 7) is 3.23. The van der Waals surface area contributed by atoms with E-state index in [0.717, 1.165) is 37.9 Å². The standard InChI is InChI=1S/C15H21N3/c1-2-4-15-17-10-12-18(15)11-3-5-13-6-8-14(16)9-7-13/h6-10,12H,2-5,11,16H2,1H3. The second-order valence-electron chi connectivity index (χ2n) is 4.63. The number of hydrogen-bond acceptors (Lipinski definition) is 2. The van der Waals surface area contributed by atoms with E-state index in [4.69, 9.17) is 5.73 Å². The van der Waals surface area contributed by atoms with Gasteiger partial charge < -0.3 is 10.3 Å². The molecule has 0 saturated carbocycles.